The van der Waals surface area contributed by atoms with E-state index in [1.807, 2.05) is 0 Å². The molecule has 0 spiro atoms. The average Bonchev–Trinajstić information content (AvgIpc) is 2.38. The van der Waals surface area contributed by atoms with E-state index in [2.05, 4.69) is 4.98 Å². The van der Waals surface area contributed by atoms with Crippen LogP contribution in [-0.2, 0) is 0 Å². The Kier molecular flexibility index (Phi) is 3.99. The summed E-state index contributed by atoms with van der Waals surface area (Å²) in [5.41, 5.74) is 0.504. The highest BCUT2D eigenvalue weighted by Gasteiger charge is 2.18. The molecule has 0 aliphatic carbocycles. The van der Waals surface area contributed by atoms with Crippen molar-refractivity contribution in [2.45, 2.75) is 16.7 Å². The van der Waals surface area contributed by atoms with E-state index in [0.717, 1.165) is 11.8 Å². The van der Waals surface area contributed by atoms with Gasteiger partial charge in [0.1, 0.15) is 5.69 Å². The molecule has 0 fully saturated rings. The number of hydrogen-bond donors (Lipinski definition) is 1. The molecule has 2 rings (SSSR count). The number of carboxylic acids is 1. The molecule has 20 heavy (non-hydrogen) atoms. The fraction of sp³-hybridized carbons (Fsp3) is 0.0769. The molecule has 0 aliphatic rings. The minimum absolute atomic E-state index is 0.0335. The van der Waals surface area contributed by atoms with Crippen molar-refractivity contribution in [3.63, 3.8) is 0 Å². The zero-order valence-electron chi connectivity index (χ0n) is 10.4. The second-order valence-electron chi connectivity index (χ2n) is 3.96. The van der Waals surface area contributed by atoms with Gasteiger partial charge in [0.25, 0.3) is 5.69 Å². The van der Waals surface area contributed by atoms with Crippen LogP contribution in [0.1, 0.15) is 16.1 Å². The van der Waals surface area contributed by atoms with Crippen LogP contribution in [0.5, 0.6) is 0 Å². The van der Waals surface area contributed by atoms with Gasteiger partial charge in [-0.05, 0) is 25.1 Å². The molecule has 0 unspecified atom stereocenters. The number of carbonyl (C=O) groups is 1. The Morgan fingerprint density at radius 1 is 1.40 bits per heavy atom. The summed E-state index contributed by atoms with van der Waals surface area (Å²) in [6, 6.07) is 8.03. The Morgan fingerprint density at radius 3 is 2.80 bits per heavy atom. The van der Waals surface area contributed by atoms with Gasteiger partial charge in [0.2, 0.25) is 0 Å². The molecule has 1 N–H and O–H groups in total. The van der Waals surface area contributed by atoms with Gasteiger partial charge >= 0.3 is 5.97 Å². The van der Waals surface area contributed by atoms with E-state index in [-0.39, 0.29) is 11.4 Å². The van der Waals surface area contributed by atoms with E-state index < -0.39 is 10.9 Å². The summed E-state index contributed by atoms with van der Waals surface area (Å²) in [6.45, 7) is 1.66. The molecule has 0 saturated carbocycles. The quantitative estimate of drug-likeness (QED) is 0.686. The molecule has 6 nitrogen and oxygen atoms in total. The maximum absolute atomic E-state index is 11.1. The van der Waals surface area contributed by atoms with Crippen molar-refractivity contribution in [1.29, 1.82) is 0 Å². The summed E-state index contributed by atoms with van der Waals surface area (Å²) in [5.74, 6) is -1.13. The molecule has 1 aromatic heterocycles. The van der Waals surface area contributed by atoms with Crippen molar-refractivity contribution in [3.05, 3.63) is 57.9 Å². The van der Waals surface area contributed by atoms with Crippen LogP contribution in [-0.4, -0.2) is 21.0 Å². The fourth-order valence-electron chi connectivity index (χ4n) is 1.67. The number of aryl methyl sites for hydroxylation is 1. The third kappa shape index (κ3) is 2.94. The number of nitro groups is 1. The van der Waals surface area contributed by atoms with E-state index in [9.17, 15) is 14.9 Å². The number of pyridine rings is 1. The van der Waals surface area contributed by atoms with E-state index in [4.69, 9.17) is 5.11 Å². The zero-order valence-corrected chi connectivity index (χ0v) is 11.3. The SMILES string of the molecule is Cc1cccc(Sc2ccnc(C(=O)O)c2)c1[N+](=O)[O-]. The average molecular weight is 290 g/mol. The maximum Gasteiger partial charge on any atom is 0.354 e. The van der Waals surface area contributed by atoms with E-state index >= 15 is 0 Å². The van der Waals surface area contributed by atoms with Crippen molar-refractivity contribution >= 4 is 23.4 Å². The number of benzene rings is 1. The third-order valence-corrected chi connectivity index (χ3v) is 3.60. The minimum Gasteiger partial charge on any atom is -0.477 e. The fourth-order valence-corrected chi connectivity index (χ4v) is 2.70. The van der Waals surface area contributed by atoms with Crippen molar-refractivity contribution in [2.75, 3.05) is 0 Å². The predicted octanol–water partition coefficient (Wildman–Crippen LogP) is 3.15. The molecule has 0 saturated heterocycles. The highest BCUT2D eigenvalue weighted by molar-refractivity contribution is 7.99. The first kappa shape index (κ1) is 14.0. The van der Waals surface area contributed by atoms with Crippen molar-refractivity contribution < 1.29 is 14.8 Å². The van der Waals surface area contributed by atoms with Crippen molar-refractivity contribution in [2.24, 2.45) is 0 Å². The third-order valence-electron chi connectivity index (χ3n) is 2.56. The number of aromatic carboxylic acids is 1. The maximum atomic E-state index is 11.1. The summed E-state index contributed by atoms with van der Waals surface area (Å²) in [6.07, 6.45) is 1.37. The number of aromatic nitrogens is 1. The highest BCUT2D eigenvalue weighted by Crippen LogP contribution is 2.36. The molecular formula is C13H10N2O4S. The summed E-state index contributed by atoms with van der Waals surface area (Å²) in [4.78, 5) is 26.3. The van der Waals surface area contributed by atoms with Gasteiger partial charge in [0, 0.05) is 16.7 Å². The highest BCUT2D eigenvalue weighted by atomic mass is 32.2. The van der Waals surface area contributed by atoms with Crippen LogP contribution in [0.15, 0.2) is 46.3 Å². The minimum atomic E-state index is -1.13. The van der Waals surface area contributed by atoms with E-state index in [0.29, 0.717) is 15.4 Å². The van der Waals surface area contributed by atoms with Gasteiger partial charge in [-0.25, -0.2) is 9.78 Å². The van der Waals surface area contributed by atoms with Gasteiger partial charge in [-0.3, -0.25) is 10.1 Å². The van der Waals surface area contributed by atoms with Gasteiger partial charge in [-0.2, -0.15) is 0 Å². The number of carboxylic acid groups (broad SMARTS) is 1. The standard InChI is InChI=1S/C13H10N2O4S/c1-8-3-2-4-11(12(8)15(18)19)20-9-5-6-14-10(7-9)13(16)17/h2-7H,1H3,(H,16,17). The molecule has 1 aromatic carbocycles. The van der Waals surface area contributed by atoms with Gasteiger partial charge < -0.3 is 5.11 Å². The summed E-state index contributed by atoms with van der Waals surface area (Å²) in [5, 5.41) is 20.0. The monoisotopic (exact) mass is 290 g/mol. The van der Waals surface area contributed by atoms with Crippen LogP contribution in [0.3, 0.4) is 0 Å². The topological polar surface area (TPSA) is 93.3 Å². The molecule has 0 aliphatic heterocycles. The largest absolute Gasteiger partial charge is 0.477 e. The first-order chi connectivity index (χ1) is 9.49. The lowest BCUT2D eigenvalue weighted by Gasteiger charge is -2.05. The Balaban J connectivity index is 2.40. The Morgan fingerprint density at radius 2 is 2.15 bits per heavy atom. The Hall–Kier alpha value is -2.41. The summed E-state index contributed by atoms with van der Waals surface area (Å²) in [7, 11) is 0. The lowest BCUT2D eigenvalue weighted by atomic mass is 10.2. The second-order valence-corrected chi connectivity index (χ2v) is 5.08. The Bertz CT molecular complexity index is 688. The van der Waals surface area contributed by atoms with Crippen LogP contribution >= 0.6 is 11.8 Å². The molecule has 0 atom stereocenters. The molecular weight excluding hydrogens is 280 g/mol. The van der Waals surface area contributed by atoms with Gasteiger partial charge in [-0.1, -0.05) is 23.9 Å². The van der Waals surface area contributed by atoms with Crippen LogP contribution < -0.4 is 0 Å². The second kappa shape index (κ2) is 5.70. The smallest absolute Gasteiger partial charge is 0.354 e. The first-order valence-electron chi connectivity index (χ1n) is 5.60. The zero-order chi connectivity index (χ0) is 14.7. The normalized spacial score (nSPS) is 10.2. The van der Waals surface area contributed by atoms with Crippen LogP contribution in [0.2, 0.25) is 0 Å². The molecule has 2 aromatic rings. The summed E-state index contributed by atoms with van der Waals surface area (Å²) >= 11 is 1.14. The van der Waals surface area contributed by atoms with Crippen LogP contribution in [0.4, 0.5) is 5.69 Å². The number of nitro benzene ring substituents is 1. The molecule has 0 radical (unpaired) electrons. The van der Waals surface area contributed by atoms with Gasteiger partial charge in [0.15, 0.2) is 0 Å². The lowest BCUT2D eigenvalue weighted by molar-refractivity contribution is -0.388. The number of para-hydroxylation sites is 1. The number of hydrogen-bond acceptors (Lipinski definition) is 5. The van der Waals surface area contributed by atoms with Crippen molar-refractivity contribution in [1.82, 2.24) is 4.98 Å². The van der Waals surface area contributed by atoms with Crippen LogP contribution in [0.25, 0.3) is 0 Å². The van der Waals surface area contributed by atoms with Crippen molar-refractivity contribution in [3.8, 4) is 0 Å². The predicted molar refractivity (Wildman–Crippen MR) is 73.2 cm³/mol. The first-order valence-corrected chi connectivity index (χ1v) is 6.42. The molecule has 1 heterocycles. The van der Waals surface area contributed by atoms with E-state index in [1.165, 1.54) is 12.3 Å². The van der Waals surface area contributed by atoms with E-state index in [1.54, 1.807) is 31.2 Å². The summed E-state index contributed by atoms with van der Waals surface area (Å²) < 4.78 is 0. The molecule has 0 bridgehead atoms. The lowest BCUT2D eigenvalue weighted by Crippen LogP contribution is -1.99. The molecule has 7 heteroatoms. The molecule has 102 valence electrons. The number of rotatable bonds is 4. The van der Waals surface area contributed by atoms with Gasteiger partial charge in [-0.15, -0.1) is 0 Å². The number of nitrogens with zero attached hydrogens (tertiary/aromatic N) is 2. The van der Waals surface area contributed by atoms with Gasteiger partial charge in [0.05, 0.1) is 9.82 Å². The van der Waals surface area contributed by atoms with Crippen LogP contribution in [0, 0.1) is 17.0 Å². The molecule has 0 amide bonds. The Labute approximate surface area is 118 Å².